The van der Waals surface area contributed by atoms with Crippen LogP contribution in [0.5, 0.6) is 0 Å². The molecule has 2 aliphatic rings. The zero-order chi connectivity index (χ0) is 14.1. The molecule has 1 saturated heterocycles. The van der Waals surface area contributed by atoms with Gasteiger partial charge in [0.25, 0.3) is 0 Å². The molecule has 1 saturated carbocycles. The van der Waals surface area contributed by atoms with Crippen molar-refractivity contribution in [3.8, 4) is 0 Å². The second-order valence-electron chi connectivity index (χ2n) is 7.80. The molecule has 1 aliphatic carbocycles. The Balaban J connectivity index is 2.16. The van der Waals surface area contributed by atoms with Crippen LogP contribution in [0, 0.1) is 5.41 Å². The van der Waals surface area contributed by atoms with E-state index < -0.39 is 0 Å². The lowest BCUT2D eigenvalue weighted by molar-refractivity contribution is -0.0967. The van der Waals surface area contributed by atoms with Crippen LogP contribution >= 0.6 is 0 Å². The summed E-state index contributed by atoms with van der Waals surface area (Å²) in [6.45, 7) is 10.1. The molecule has 0 spiro atoms. The molecular formula is C16H32N2O. The predicted octanol–water partition coefficient (Wildman–Crippen LogP) is 2.79. The van der Waals surface area contributed by atoms with Crippen molar-refractivity contribution in [2.24, 2.45) is 11.1 Å². The average molecular weight is 268 g/mol. The SMILES string of the molecule is COC1(C)CCCN(C2(CN)CCCC(C)(C)C2)C1. The largest absolute Gasteiger partial charge is 0.377 e. The summed E-state index contributed by atoms with van der Waals surface area (Å²) in [6.07, 6.45) is 7.54. The molecule has 0 aromatic heterocycles. The second kappa shape index (κ2) is 5.34. The maximum Gasteiger partial charge on any atom is 0.0777 e. The third-order valence-electron chi connectivity index (χ3n) is 5.51. The molecule has 2 rings (SSSR count). The Kier molecular flexibility index (Phi) is 4.29. The molecule has 0 aromatic carbocycles. The van der Waals surface area contributed by atoms with Gasteiger partial charge in [0.2, 0.25) is 0 Å². The van der Waals surface area contributed by atoms with E-state index in [0.29, 0.717) is 5.41 Å². The number of piperidine rings is 1. The molecular weight excluding hydrogens is 236 g/mol. The minimum Gasteiger partial charge on any atom is -0.377 e. The number of nitrogens with zero attached hydrogens (tertiary/aromatic N) is 1. The zero-order valence-electron chi connectivity index (χ0n) is 13.3. The predicted molar refractivity (Wildman–Crippen MR) is 80.3 cm³/mol. The van der Waals surface area contributed by atoms with Gasteiger partial charge in [-0.1, -0.05) is 20.3 Å². The van der Waals surface area contributed by atoms with Crippen molar-refractivity contribution < 1.29 is 4.74 Å². The number of methoxy groups -OCH3 is 1. The van der Waals surface area contributed by atoms with Gasteiger partial charge < -0.3 is 10.5 Å². The van der Waals surface area contributed by atoms with Crippen LogP contribution in [0.1, 0.15) is 59.3 Å². The Morgan fingerprint density at radius 2 is 1.84 bits per heavy atom. The summed E-state index contributed by atoms with van der Waals surface area (Å²) >= 11 is 0. The molecule has 0 bridgehead atoms. The van der Waals surface area contributed by atoms with E-state index in [0.717, 1.165) is 13.1 Å². The minimum atomic E-state index is 0.0159. The van der Waals surface area contributed by atoms with E-state index in [1.54, 1.807) is 0 Å². The highest BCUT2D eigenvalue weighted by molar-refractivity contribution is 5.02. The lowest BCUT2D eigenvalue weighted by atomic mass is 9.66. The third-order valence-corrected chi connectivity index (χ3v) is 5.51. The summed E-state index contributed by atoms with van der Waals surface area (Å²) in [5, 5.41) is 0. The van der Waals surface area contributed by atoms with Crippen LogP contribution in [0.25, 0.3) is 0 Å². The van der Waals surface area contributed by atoms with Crippen LogP contribution in [0.15, 0.2) is 0 Å². The van der Waals surface area contributed by atoms with Gasteiger partial charge in [-0.2, -0.15) is 0 Å². The summed E-state index contributed by atoms with van der Waals surface area (Å²) < 4.78 is 5.76. The molecule has 1 aliphatic heterocycles. The molecule has 0 aromatic rings. The molecule has 2 atom stereocenters. The van der Waals surface area contributed by atoms with Crippen LogP contribution in [-0.4, -0.2) is 42.8 Å². The summed E-state index contributed by atoms with van der Waals surface area (Å²) in [4.78, 5) is 2.65. The summed E-state index contributed by atoms with van der Waals surface area (Å²) in [7, 11) is 1.85. The topological polar surface area (TPSA) is 38.5 Å². The van der Waals surface area contributed by atoms with E-state index in [1.807, 2.05) is 7.11 Å². The lowest BCUT2D eigenvalue weighted by Crippen LogP contribution is -2.63. The smallest absolute Gasteiger partial charge is 0.0777 e. The maximum atomic E-state index is 6.24. The zero-order valence-corrected chi connectivity index (χ0v) is 13.3. The van der Waals surface area contributed by atoms with Gasteiger partial charge in [-0.25, -0.2) is 0 Å². The monoisotopic (exact) mass is 268 g/mol. The van der Waals surface area contributed by atoms with E-state index in [1.165, 1.54) is 45.1 Å². The van der Waals surface area contributed by atoms with Crippen molar-refractivity contribution in [3.05, 3.63) is 0 Å². The standard InChI is InChI=1S/C16H32N2O/c1-14(2)7-5-9-16(11-14,12-17)18-10-6-8-15(3,13-18)19-4/h5-13,17H2,1-4H3. The fourth-order valence-corrected chi connectivity index (χ4v) is 4.31. The fourth-order valence-electron chi connectivity index (χ4n) is 4.31. The summed E-state index contributed by atoms with van der Waals surface area (Å²) in [5.74, 6) is 0. The van der Waals surface area contributed by atoms with E-state index in [2.05, 4.69) is 25.7 Å². The van der Waals surface area contributed by atoms with Gasteiger partial charge in [-0.15, -0.1) is 0 Å². The van der Waals surface area contributed by atoms with Crippen molar-refractivity contribution in [2.45, 2.75) is 70.4 Å². The fraction of sp³-hybridized carbons (Fsp3) is 1.00. The van der Waals surface area contributed by atoms with Crippen LogP contribution in [0.4, 0.5) is 0 Å². The Bertz CT molecular complexity index is 318. The van der Waals surface area contributed by atoms with E-state index in [9.17, 15) is 0 Å². The summed E-state index contributed by atoms with van der Waals surface area (Å²) in [5.41, 5.74) is 6.89. The van der Waals surface area contributed by atoms with Crippen molar-refractivity contribution in [3.63, 3.8) is 0 Å². The van der Waals surface area contributed by atoms with Crippen molar-refractivity contribution in [2.75, 3.05) is 26.7 Å². The average Bonchev–Trinajstić information content (AvgIpc) is 2.37. The van der Waals surface area contributed by atoms with Gasteiger partial charge >= 0.3 is 0 Å². The Hall–Kier alpha value is -0.120. The molecule has 3 nitrogen and oxygen atoms in total. The molecule has 0 amide bonds. The molecule has 19 heavy (non-hydrogen) atoms. The number of hydrogen-bond donors (Lipinski definition) is 1. The molecule has 2 fully saturated rings. The van der Waals surface area contributed by atoms with Gasteiger partial charge in [-0.05, 0) is 51.0 Å². The van der Waals surface area contributed by atoms with E-state index >= 15 is 0 Å². The molecule has 3 heteroatoms. The van der Waals surface area contributed by atoms with Gasteiger partial charge in [0.1, 0.15) is 0 Å². The quantitative estimate of drug-likeness (QED) is 0.855. The van der Waals surface area contributed by atoms with Crippen LogP contribution in [0.2, 0.25) is 0 Å². The summed E-state index contributed by atoms with van der Waals surface area (Å²) in [6, 6.07) is 0. The molecule has 0 radical (unpaired) electrons. The number of hydrogen-bond acceptors (Lipinski definition) is 3. The Morgan fingerprint density at radius 3 is 2.42 bits per heavy atom. The van der Waals surface area contributed by atoms with Gasteiger partial charge in [0, 0.05) is 25.7 Å². The molecule has 2 unspecified atom stereocenters. The Labute approximate surface area is 118 Å². The number of ether oxygens (including phenoxy) is 1. The highest BCUT2D eigenvalue weighted by Crippen LogP contribution is 2.45. The maximum absolute atomic E-state index is 6.24. The molecule has 2 N–H and O–H groups in total. The van der Waals surface area contributed by atoms with Gasteiger partial charge in [0.15, 0.2) is 0 Å². The number of rotatable bonds is 3. The first-order chi connectivity index (χ1) is 8.85. The third kappa shape index (κ3) is 3.14. The van der Waals surface area contributed by atoms with Gasteiger partial charge in [-0.3, -0.25) is 4.90 Å². The Morgan fingerprint density at radius 1 is 1.11 bits per heavy atom. The molecule has 112 valence electrons. The number of nitrogens with two attached hydrogens (primary N) is 1. The first-order valence-electron chi connectivity index (χ1n) is 7.85. The second-order valence-corrected chi connectivity index (χ2v) is 7.80. The van der Waals surface area contributed by atoms with E-state index in [4.69, 9.17) is 10.5 Å². The van der Waals surface area contributed by atoms with Crippen molar-refractivity contribution in [1.82, 2.24) is 4.90 Å². The first kappa shape index (κ1) is 15.3. The van der Waals surface area contributed by atoms with Crippen LogP contribution in [0.3, 0.4) is 0 Å². The minimum absolute atomic E-state index is 0.0159. The lowest BCUT2D eigenvalue weighted by Gasteiger charge is -2.54. The van der Waals surface area contributed by atoms with E-state index in [-0.39, 0.29) is 11.1 Å². The van der Waals surface area contributed by atoms with Crippen LogP contribution < -0.4 is 5.73 Å². The number of likely N-dealkylation sites (tertiary alicyclic amines) is 1. The normalized spacial score (nSPS) is 40.3. The van der Waals surface area contributed by atoms with Gasteiger partial charge in [0.05, 0.1) is 5.60 Å². The van der Waals surface area contributed by atoms with Crippen LogP contribution in [-0.2, 0) is 4.74 Å². The van der Waals surface area contributed by atoms with Crippen molar-refractivity contribution in [1.29, 1.82) is 0 Å². The first-order valence-corrected chi connectivity index (χ1v) is 7.85. The highest BCUT2D eigenvalue weighted by atomic mass is 16.5. The van der Waals surface area contributed by atoms with Crippen molar-refractivity contribution >= 4 is 0 Å². The highest BCUT2D eigenvalue weighted by Gasteiger charge is 2.46. The molecule has 1 heterocycles.